The van der Waals surface area contributed by atoms with Crippen LogP contribution in [0.4, 0.5) is 0 Å². The fourth-order valence-corrected chi connectivity index (χ4v) is 1.15. The molecule has 0 radical (unpaired) electrons. The van der Waals surface area contributed by atoms with Gasteiger partial charge >= 0.3 is 0 Å². The van der Waals surface area contributed by atoms with E-state index in [9.17, 15) is 4.79 Å². The number of carbonyl (C=O) groups is 1. The number of hydrogen-bond acceptors (Lipinski definition) is 5. The highest BCUT2D eigenvalue weighted by Gasteiger charge is 2.07. The highest BCUT2D eigenvalue weighted by atomic mass is 16.5. The van der Waals surface area contributed by atoms with Crippen LogP contribution in [0.25, 0.3) is 0 Å². The van der Waals surface area contributed by atoms with E-state index in [0.717, 1.165) is 0 Å². The molecule has 6 heteroatoms. The molecule has 2 N–H and O–H groups in total. The Hall–Kier alpha value is -2.37. The van der Waals surface area contributed by atoms with Gasteiger partial charge in [0, 0.05) is 12.3 Å². The van der Waals surface area contributed by atoms with Gasteiger partial charge in [0.05, 0.1) is 18.3 Å². The Kier molecular flexibility index (Phi) is 2.81. The molecule has 2 rings (SSSR count). The predicted octanol–water partition coefficient (Wildman–Crippen LogP) is 0.705. The van der Waals surface area contributed by atoms with Gasteiger partial charge in [-0.3, -0.25) is 9.78 Å². The van der Waals surface area contributed by atoms with E-state index in [0.29, 0.717) is 11.3 Å². The molecule has 0 saturated heterocycles. The summed E-state index contributed by atoms with van der Waals surface area (Å²) in [4.78, 5) is 15.3. The minimum Gasteiger partial charge on any atom is -0.506 e. The zero-order chi connectivity index (χ0) is 11.4. The fourth-order valence-electron chi connectivity index (χ4n) is 1.15. The smallest absolute Gasteiger partial charge is 0.253 e. The second-order valence-corrected chi connectivity index (χ2v) is 3.11. The van der Waals surface area contributed by atoms with Gasteiger partial charge in [-0.25, -0.2) is 0 Å². The van der Waals surface area contributed by atoms with Crippen molar-refractivity contribution in [3.63, 3.8) is 0 Å². The van der Waals surface area contributed by atoms with Crippen molar-refractivity contribution in [3.05, 3.63) is 42.0 Å². The number of amides is 1. The zero-order valence-electron chi connectivity index (χ0n) is 8.25. The van der Waals surface area contributed by atoms with E-state index in [4.69, 9.17) is 5.11 Å². The van der Waals surface area contributed by atoms with Crippen LogP contribution >= 0.6 is 0 Å². The summed E-state index contributed by atoms with van der Waals surface area (Å²) in [5, 5.41) is 15.4. The zero-order valence-corrected chi connectivity index (χ0v) is 8.25. The standard InChI is InChI=1S/C10H9N3O3/c14-9-3-7(4-11-6-9)10(15)12-5-8-1-2-16-13-8/h1-4,6,14H,5H2,(H,12,15). The molecule has 0 aliphatic heterocycles. The molecule has 16 heavy (non-hydrogen) atoms. The van der Waals surface area contributed by atoms with E-state index in [1.165, 1.54) is 24.7 Å². The quantitative estimate of drug-likeness (QED) is 0.793. The summed E-state index contributed by atoms with van der Waals surface area (Å²) in [5.41, 5.74) is 0.921. The van der Waals surface area contributed by atoms with Crippen molar-refractivity contribution in [2.24, 2.45) is 0 Å². The van der Waals surface area contributed by atoms with Gasteiger partial charge in [0.15, 0.2) is 0 Å². The topological polar surface area (TPSA) is 88.3 Å². The molecule has 0 spiro atoms. The van der Waals surface area contributed by atoms with Crippen LogP contribution < -0.4 is 5.32 Å². The Balaban J connectivity index is 1.98. The minimum absolute atomic E-state index is 0.0471. The van der Waals surface area contributed by atoms with Gasteiger partial charge in [0.2, 0.25) is 0 Å². The Morgan fingerprint density at radius 3 is 3.06 bits per heavy atom. The maximum absolute atomic E-state index is 11.6. The van der Waals surface area contributed by atoms with Gasteiger partial charge in [-0.05, 0) is 6.07 Å². The molecule has 6 nitrogen and oxygen atoms in total. The first-order valence-electron chi connectivity index (χ1n) is 4.57. The average Bonchev–Trinajstić information content (AvgIpc) is 2.78. The van der Waals surface area contributed by atoms with Crippen LogP contribution in [0.15, 0.2) is 35.3 Å². The summed E-state index contributed by atoms with van der Waals surface area (Å²) in [6.45, 7) is 0.269. The van der Waals surface area contributed by atoms with Crippen molar-refractivity contribution < 1.29 is 14.4 Å². The summed E-state index contributed by atoms with van der Waals surface area (Å²) in [5.74, 6) is -0.375. The molecule has 2 heterocycles. The van der Waals surface area contributed by atoms with Crippen molar-refractivity contribution >= 4 is 5.91 Å². The number of rotatable bonds is 3. The molecule has 0 bridgehead atoms. The first-order valence-corrected chi connectivity index (χ1v) is 4.57. The average molecular weight is 219 g/mol. The third-order valence-electron chi connectivity index (χ3n) is 1.91. The third-order valence-corrected chi connectivity index (χ3v) is 1.91. The molecule has 0 aliphatic carbocycles. The number of aromatic nitrogens is 2. The third kappa shape index (κ3) is 2.35. The van der Waals surface area contributed by atoms with E-state index >= 15 is 0 Å². The van der Waals surface area contributed by atoms with E-state index in [2.05, 4.69) is 20.0 Å². The van der Waals surface area contributed by atoms with E-state index in [1.807, 2.05) is 0 Å². The van der Waals surface area contributed by atoms with Gasteiger partial charge in [-0.2, -0.15) is 0 Å². The molecule has 2 aromatic rings. The van der Waals surface area contributed by atoms with Crippen molar-refractivity contribution in [1.29, 1.82) is 0 Å². The minimum atomic E-state index is -0.327. The fraction of sp³-hybridized carbons (Fsp3) is 0.100. The van der Waals surface area contributed by atoms with Crippen molar-refractivity contribution in [1.82, 2.24) is 15.5 Å². The van der Waals surface area contributed by atoms with Gasteiger partial charge in [0.1, 0.15) is 17.7 Å². The van der Waals surface area contributed by atoms with Crippen LogP contribution in [0.2, 0.25) is 0 Å². The first kappa shape index (κ1) is 10.2. The second kappa shape index (κ2) is 4.43. The Morgan fingerprint density at radius 1 is 1.50 bits per heavy atom. The number of nitrogens with one attached hydrogen (secondary N) is 1. The first-order chi connectivity index (χ1) is 7.75. The molecule has 0 aliphatic rings. The molecule has 2 aromatic heterocycles. The number of aromatic hydroxyl groups is 1. The Bertz CT molecular complexity index is 482. The van der Waals surface area contributed by atoms with E-state index in [-0.39, 0.29) is 18.2 Å². The summed E-state index contributed by atoms with van der Waals surface area (Å²) >= 11 is 0. The number of carbonyl (C=O) groups excluding carboxylic acids is 1. The van der Waals surface area contributed by atoms with Crippen LogP contribution in [-0.2, 0) is 6.54 Å². The number of nitrogens with zero attached hydrogens (tertiary/aromatic N) is 2. The lowest BCUT2D eigenvalue weighted by Crippen LogP contribution is -2.22. The molecule has 0 fully saturated rings. The van der Waals surface area contributed by atoms with Crippen LogP contribution in [0.3, 0.4) is 0 Å². The lowest BCUT2D eigenvalue weighted by atomic mass is 10.2. The highest BCUT2D eigenvalue weighted by Crippen LogP contribution is 2.08. The van der Waals surface area contributed by atoms with Crippen LogP contribution in [0.5, 0.6) is 5.75 Å². The lowest BCUT2D eigenvalue weighted by molar-refractivity contribution is 0.0949. The summed E-state index contributed by atoms with van der Waals surface area (Å²) in [7, 11) is 0. The Labute approximate surface area is 90.9 Å². The highest BCUT2D eigenvalue weighted by molar-refractivity contribution is 5.94. The maximum atomic E-state index is 11.6. The molecule has 0 aromatic carbocycles. The van der Waals surface area contributed by atoms with E-state index < -0.39 is 0 Å². The monoisotopic (exact) mass is 219 g/mol. The predicted molar refractivity (Wildman–Crippen MR) is 53.6 cm³/mol. The van der Waals surface area contributed by atoms with Gasteiger partial charge in [0.25, 0.3) is 5.91 Å². The van der Waals surface area contributed by atoms with Crippen LogP contribution in [-0.4, -0.2) is 21.2 Å². The van der Waals surface area contributed by atoms with Crippen molar-refractivity contribution in [3.8, 4) is 5.75 Å². The SMILES string of the molecule is O=C(NCc1ccon1)c1cncc(O)c1. The van der Waals surface area contributed by atoms with Crippen molar-refractivity contribution in [2.75, 3.05) is 0 Å². The van der Waals surface area contributed by atoms with Gasteiger partial charge in [-0.15, -0.1) is 0 Å². The normalized spacial score (nSPS) is 10.0. The molecule has 0 unspecified atom stereocenters. The molecule has 0 atom stereocenters. The summed E-state index contributed by atoms with van der Waals surface area (Å²) in [6.07, 6.45) is 4.06. The number of hydrogen-bond donors (Lipinski definition) is 2. The van der Waals surface area contributed by atoms with Gasteiger partial charge < -0.3 is 14.9 Å². The van der Waals surface area contributed by atoms with Crippen LogP contribution in [0, 0.1) is 0 Å². The maximum Gasteiger partial charge on any atom is 0.253 e. The van der Waals surface area contributed by atoms with Crippen LogP contribution in [0.1, 0.15) is 16.1 Å². The summed E-state index contributed by atoms with van der Waals surface area (Å²) in [6, 6.07) is 2.99. The molecule has 82 valence electrons. The molecular formula is C10H9N3O3. The molecule has 1 amide bonds. The second-order valence-electron chi connectivity index (χ2n) is 3.11. The number of pyridine rings is 1. The van der Waals surface area contributed by atoms with Gasteiger partial charge in [-0.1, -0.05) is 5.16 Å². The van der Waals surface area contributed by atoms with Crippen molar-refractivity contribution in [2.45, 2.75) is 6.54 Å². The lowest BCUT2D eigenvalue weighted by Gasteiger charge is -2.02. The largest absolute Gasteiger partial charge is 0.506 e. The Morgan fingerprint density at radius 2 is 2.38 bits per heavy atom. The molecular weight excluding hydrogens is 210 g/mol. The molecule has 0 saturated carbocycles. The summed E-state index contributed by atoms with van der Waals surface area (Å²) < 4.78 is 4.62. The van der Waals surface area contributed by atoms with E-state index in [1.54, 1.807) is 6.07 Å².